The highest BCUT2D eigenvalue weighted by atomic mass is 79.9. The number of fused-ring (bicyclic) bond motifs is 1. The van der Waals surface area contributed by atoms with Gasteiger partial charge in [-0.1, -0.05) is 39.1 Å². The number of benzene rings is 2. The quantitative estimate of drug-likeness (QED) is 0.490. The number of ether oxygens (including phenoxy) is 1. The van der Waals surface area contributed by atoms with Crippen LogP contribution in [0.3, 0.4) is 0 Å². The smallest absolute Gasteiger partial charge is 0.341 e. The van der Waals surface area contributed by atoms with Gasteiger partial charge in [0, 0.05) is 21.7 Å². The lowest BCUT2D eigenvalue weighted by Gasteiger charge is -2.15. The Balaban J connectivity index is 2.17. The van der Waals surface area contributed by atoms with Gasteiger partial charge in [0.2, 0.25) is 0 Å². The maximum atomic E-state index is 12.3. The van der Waals surface area contributed by atoms with E-state index in [1.54, 1.807) is 25.1 Å². The Bertz CT molecular complexity index is 963. The third-order valence-electron chi connectivity index (χ3n) is 3.51. The maximum Gasteiger partial charge on any atom is 0.341 e. The van der Waals surface area contributed by atoms with Gasteiger partial charge in [0.05, 0.1) is 27.9 Å². The van der Waals surface area contributed by atoms with Crippen LogP contribution < -0.4 is 5.32 Å². The van der Waals surface area contributed by atoms with Gasteiger partial charge in [0.25, 0.3) is 0 Å². The molecule has 3 aromatic rings. The largest absolute Gasteiger partial charge is 0.462 e. The molecule has 0 amide bonds. The number of rotatable bonds is 4. The first-order valence-corrected chi connectivity index (χ1v) is 9.02. The van der Waals surface area contributed by atoms with Crippen LogP contribution in [-0.4, -0.2) is 17.6 Å². The molecule has 0 fully saturated rings. The highest BCUT2D eigenvalue weighted by Crippen LogP contribution is 2.33. The zero-order valence-corrected chi connectivity index (χ0v) is 16.2. The summed E-state index contributed by atoms with van der Waals surface area (Å²) >= 11 is 15.5. The van der Waals surface area contributed by atoms with Crippen molar-refractivity contribution >= 4 is 67.4 Å². The summed E-state index contributed by atoms with van der Waals surface area (Å²) in [4.78, 5) is 16.7. The minimum Gasteiger partial charge on any atom is -0.462 e. The van der Waals surface area contributed by atoms with E-state index in [4.69, 9.17) is 27.9 Å². The molecule has 0 aliphatic rings. The van der Waals surface area contributed by atoms with Gasteiger partial charge in [-0.25, -0.2) is 4.79 Å². The van der Waals surface area contributed by atoms with Gasteiger partial charge in [-0.2, -0.15) is 0 Å². The molecule has 3 rings (SSSR count). The van der Waals surface area contributed by atoms with Crippen LogP contribution in [-0.2, 0) is 4.74 Å². The average molecular weight is 440 g/mol. The van der Waals surface area contributed by atoms with E-state index in [2.05, 4.69) is 26.2 Å². The normalized spacial score (nSPS) is 10.7. The number of anilines is 2. The summed E-state index contributed by atoms with van der Waals surface area (Å²) in [5.74, 6) is -0.445. The van der Waals surface area contributed by atoms with Gasteiger partial charge in [-0.3, -0.25) is 4.98 Å². The number of hydrogen-bond acceptors (Lipinski definition) is 4. The van der Waals surface area contributed by atoms with E-state index >= 15 is 0 Å². The molecule has 0 saturated carbocycles. The van der Waals surface area contributed by atoms with Crippen molar-refractivity contribution in [3.05, 3.63) is 62.7 Å². The lowest BCUT2D eigenvalue weighted by Crippen LogP contribution is -2.09. The fraction of sp³-hybridized carbons (Fsp3) is 0.111. The molecular weight excluding hydrogens is 427 g/mol. The molecule has 2 aromatic carbocycles. The van der Waals surface area contributed by atoms with Crippen LogP contribution in [0.15, 0.2) is 47.1 Å². The van der Waals surface area contributed by atoms with E-state index in [-0.39, 0.29) is 6.61 Å². The predicted molar refractivity (Wildman–Crippen MR) is 105 cm³/mol. The van der Waals surface area contributed by atoms with Gasteiger partial charge < -0.3 is 10.1 Å². The van der Waals surface area contributed by atoms with Crippen molar-refractivity contribution in [3.8, 4) is 0 Å². The summed E-state index contributed by atoms with van der Waals surface area (Å²) in [6.07, 6.45) is 1.51. The molecular formula is C18H13BrCl2N2O2. The van der Waals surface area contributed by atoms with Crippen molar-refractivity contribution in [2.24, 2.45) is 0 Å². The fourth-order valence-electron chi connectivity index (χ4n) is 2.38. The summed E-state index contributed by atoms with van der Waals surface area (Å²) in [7, 11) is 0. The molecule has 1 N–H and O–H groups in total. The van der Waals surface area contributed by atoms with Gasteiger partial charge in [-0.15, -0.1) is 0 Å². The number of esters is 1. The number of aromatic nitrogens is 1. The van der Waals surface area contributed by atoms with E-state index in [9.17, 15) is 4.79 Å². The van der Waals surface area contributed by atoms with Crippen LogP contribution in [0.1, 0.15) is 17.3 Å². The number of carbonyl (C=O) groups excluding carboxylic acids is 1. The first kappa shape index (κ1) is 18.0. The minimum absolute atomic E-state index is 0.279. The van der Waals surface area contributed by atoms with Crippen molar-refractivity contribution in [3.63, 3.8) is 0 Å². The average Bonchev–Trinajstić information content (AvgIpc) is 2.58. The maximum absolute atomic E-state index is 12.3. The molecule has 4 nitrogen and oxygen atoms in total. The molecule has 128 valence electrons. The molecule has 0 unspecified atom stereocenters. The Hall–Kier alpha value is -1.82. The van der Waals surface area contributed by atoms with Crippen LogP contribution in [0, 0.1) is 0 Å². The highest BCUT2D eigenvalue weighted by molar-refractivity contribution is 9.10. The van der Waals surface area contributed by atoms with Crippen LogP contribution in [0.4, 0.5) is 11.4 Å². The lowest BCUT2D eigenvalue weighted by atomic mass is 10.1. The first-order valence-electron chi connectivity index (χ1n) is 7.47. The van der Waals surface area contributed by atoms with E-state index in [0.29, 0.717) is 27.0 Å². The third kappa shape index (κ3) is 3.89. The Labute approximate surface area is 163 Å². The Morgan fingerprint density at radius 3 is 2.72 bits per heavy atom. The van der Waals surface area contributed by atoms with Gasteiger partial charge in [0.1, 0.15) is 5.56 Å². The molecule has 0 atom stereocenters. The molecule has 0 spiro atoms. The second-order valence-corrected chi connectivity index (χ2v) is 6.91. The van der Waals surface area contributed by atoms with Crippen molar-refractivity contribution in [2.45, 2.75) is 6.92 Å². The summed E-state index contributed by atoms with van der Waals surface area (Å²) < 4.78 is 6.03. The standard InChI is InChI=1S/C18H13BrCl2N2O2/c1-2-25-18(24)13-9-22-16-6-3-10(19)7-12(16)17(13)23-11-4-5-14(20)15(21)8-11/h3-9H,2H2,1H3,(H,22,23). The molecule has 0 bridgehead atoms. The summed E-state index contributed by atoms with van der Waals surface area (Å²) in [6, 6.07) is 10.8. The lowest BCUT2D eigenvalue weighted by molar-refractivity contribution is 0.0527. The molecule has 1 heterocycles. The minimum atomic E-state index is -0.445. The molecule has 25 heavy (non-hydrogen) atoms. The number of hydrogen-bond donors (Lipinski definition) is 1. The summed E-state index contributed by atoms with van der Waals surface area (Å²) in [6.45, 7) is 2.04. The summed E-state index contributed by atoms with van der Waals surface area (Å²) in [5.41, 5.74) is 2.40. The van der Waals surface area contributed by atoms with Crippen molar-refractivity contribution in [2.75, 3.05) is 11.9 Å². The highest BCUT2D eigenvalue weighted by Gasteiger charge is 2.17. The third-order valence-corrected chi connectivity index (χ3v) is 4.75. The number of nitrogens with zero attached hydrogens (tertiary/aromatic N) is 1. The predicted octanol–water partition coefficient (Wildman–Crippen LogP) is 6.22. The second-order valence-electron chi connectivity index (χ2n) is 5.18. The van der Waals surface area contributed by atoms with Crippen molar-refractivity contribution < 1.29 is 9.53 Å². The molecule has 0 aliphatic carbocycles. The van der Waals surface area contributed by atoms with Crippen molar-refractivity contribution in [1.29, 1.82) is 0 Å². The molecule has 7 heteroatoms. The van der Waals surface area contributed by atoms with Crippen LogP contribution >= 0.6 is 39.1 Å². The molecule has 1 aromatic heterocycles. The monoisotopic (exact) mass is 438 g/mol. The van der Waals surface area contributed by atoms with E-state index in [1.165, 1.54) is 6.20 Å². The molecule has 0 aliphatic heterocycles. The Morgan fingerprint density at radius 1 is 1.20 bits per heavy atom. The van der Waals surface area contributed by atoms with E-state index < -0.39 is 5.97 Å². The number of carbonyl (C=O) groups is 1. The van der Waals surface area contributed by atoms with Gasteiger partial charge >= 0.3 is 5.97 Å². The number of pyridine rings is 1. The van der Waals surface area contributed by atoms with Crippen LogP contribution in [0.2, 0.25) is 10.0 Å². The topological polar surface area (TPSA) is 51.2 Å². The van der Waals surface area contributed by atoms with Crippen molar-refractivity contribution in [1.82, 2.24) is 4.98 Å². The molecule has 0 saturated heterocycles. The zero-order chi connectivity index (χ0) is 18.0. The molecule has 0 radical (unpaired) electrons. The van der Waals surface area contributed by atoms with Crippen LogP contribution in [0.25, 0.3) is 10.9 Å². The van der Waals surface area contributed by atoms with E-state index in [0.717, 1.165) is 15.4 Å². The van der Waals surface area contributed by atoms with Crippen LogP contribution in [0.5, 0.6) is 0 Å². The number of halogens is 3. The summed E-state index contributed by atoms with van der Waals surface area (Å²) in [5, 5.41) is 4.91. The Morgan fingerprint density at radius 2 is 2.00 bits per heavy atom. The van der Waals surface area contributed by atoms with Gasteiger partial charge in [0.15, 0.2) is 0 Å². The van der Waals surface area contributed by atoms with Gasteiger partial charge in [-0.05, 0) is 43.3 Å². The first-order chi connectivity index (χ1) is 12.0. The second kappa shape index (κ2) is 7.60. The fourth-order valence-corrected chi connectivity index (χ4v) is 3.04. The zero-order valence-electron chi connectivity index (χ0n) is 13.1. The van der Waals surface area contributed by atoms with E-state index in [1.807, 2.05) is 18.2 Å². The SMILES string of the molecule is CCOC(=O)c1cnc2ccc(Br)cc2c1Nc1ccc(Cl)c(Cl)c1. The number of nitrogens with one attached hydrogen (secondary N) is 1. The Kier molecular flexibility index (Phi) is 5.47.